The number of alkyl halides is 3. The zero-order chi connectivity index (χ0) is 49.1. The second kappa shape index (κ2) is 26.7. The third-order valence-electron chi connectivity index (χ3n) is 12.5. The lowest BCUT2D eigenvalue weighted by Crippen LogP contribution is -2.44. The summed E-state index contributed by atoms with van der Waals surface area (Å²) >= 11 is 0. The summed E-state index contributed by atoms with van der Waals surface area (Å²) in [4.78, 5) is 34.2. The molecule has 15 nitrogen and oxygen atoms in total. The maximum Gasteiger partial charge on any atom is 0.416 e. The van der Waals surface area contributed by atoms with Gasteiger partial charge in [-0.05, 0) is 86.0 Å². The number of likely N-dealkylation sites (N-methyl/N-ethyl adjacent to an activating group) is 1. The number of aromatic nitrogens is 2. The van der Waals surface area contributed by atoms with E-state index in [-0.39, 0.29) is 35.2 Å². The third-order valence-corrected chi connectivity index (χ3v) is 12.5. The Labute approximate surface area is 407 Å². The van der Waals surface area contributed by atoms with Gasteiger partial charge in [0, 0.05) is 74.3 Å². The number of carbonyl (C=O) groups excluding carboxylic acids is 2. The van der Waals surface area contributed by atoms with Gasteiger partial charge >= 0.3 is 6.18 Å². The SMILES string of the molecule is Cc1ccc(C(=O)Nc2ccc(CN3CCN(C)CC3)c(C(F)(F)F)c2)cc1C#Cc1cnc2cc(OCCOCCOCCOCCOCCOCCOCCNC(=O)[C@@H]3C[C@@H]4C=C[C@H]3C4)ccn12. The predicted octanol–water partition coefficient (Wildman–Crippen LogP) is 5.87. The number of nitrogens with zero attached hydrogens (tertiary/aromatic N) is 4. The van der Waals surface area contributed by atoms with Crippen molar-refractivity contribution in [2.75, 3.05) is 131 Å². The summed E-state index contributed by atoms with van der Waals surface area (Å²) < 4.78 is 83.5. The fourth-order valence-electron chi connectivity index (χ4n) is 8.56. The maximum absolute atomic E-state index is 14.2. The number of ether oxygens (including phenoxy) is 7. The second-order valence-electron chi connectivity index (χ2n) is 17.6. The van der Waals surface area contributed by atoms with Crippen molar-refractivity contribution in [3.05, 3.63) is 107 Å². The van der Waals surface area contributed by atoms with E-state index in [0.29, 0.717) is 140 Å². The number of allylic oxidation sites excluding steroid dienone is 2. The second-order valence-corrected chi connectivity index (χ2v) is 17.6. The van der Waals surface area contributed by atoms with E-state index in [4.69, 9.17) is 33.2 Å². The third kappa shape index (κ3) is 16.1. The molecule has 3 aliphatic rings. The molecule has 18 heteroatoms. The smallest absolute Gasteiger partial charge is 0.416 e. The summed E-state index contributed by atoms with van der Waals surface area (Å²) in [7, 11) is 2.00. The first-order valence-corrected chi connectivity index (χ1v) is 24.1. The number of amides is 2. The highest BCUT2D eigenvalue weighted by Gasteiger charge is 2.39. The van der Waals surface area contributed by atoms with Crippen molar-refractivity contribution in [1.82, 2.24) is 24.5 Å². The lowest BCUT2D eigenvalue weighted by molar-refractivity contribution is -0.138. The number of hydrogen-bond donors (Lipinski definition) is 2. The first-order valence-electron chi connectivity index (χ1n) is 24.1. The summed E-state index contributed by atoms with van der Waals surface area (Å²) in [5, 5.41) is 5.63. The van der Waals surface area contributed by atoms with Gasteiger partial charge in [-0.3, -0.25) is 18.9 Å². The highest BCUT2D eigenvalue weighted by atomic mass is 19.4. The molecular weight excluding hydrogens is 910 g/mol. The molecule has 2 bridgehead atoms. The zero-order valence-electron chi connectivity index (χ0n) is 40.1. The van der Waals surface area contributed by atoms with Crippen LogP contribution in [0.3, 0.4) is 0 Å². The number of rotatable bonds is 27. The van der Waals surface area contributed by atoms with E-state index in [2.05, 4.69) is 44.5 Å². The highest BCUT2D eigenvalue weighted by molar-refractivity contribution is 6.04. The largest absolute Gasteiger partial charge is 0.491 e. The quantitative estimate of drug-likeness (QED) is 0.0419. The summed E-state index contributed by atoms with van der Waals surface area (Å²) in [5.74, 6) is 7.60. The molecule has 70 heavy (non-hydrogen) atoms. The van der Waals surface area contributed by atoms with Crippen molar-refractivity contribution in [3.8, 4) is 17.6 Å². The zero-order valence-corrected chi connectivity index (χ0v) is 40.1. The number of imidazole rings is 1. The topological polar surface area (TPSA) is 147 Å². The number of pyridine rings is 1. The van der Waals surface area contributed by atoms with Crippen LogP contribution in [-0.2, 0) is 45.9 Å². The number of benzene rings is 2. The summed E-state index contributed by atoms with van der Waals surface area (Å²) in [6, 6.07) is 12.6. The Hall–Kier alpha value is -5.36. The van der Waals surface area contributed by atoms with Gasteiger partial charge in [0.15, 0.2) is 0 Å². The molecule has 3 heterocycles. The van der Waals surface area contributed by atoms with Gasteiger partial charge in [0.25, 0.3) is 5.91 Å². The average molecular weight is 975 g/mol. The molecule has 7 rings (SSSR count). The van der Waals surface area contributed by atoms with Crippen LogP contribution in [0.2, 0.25) is 0 Å². The molecule has 2 aliphatic carbocycles. The molecule has 378 valence electrons. The average Bonchev–Trinajstić information content (AvgIpc) is 4.11. The summed E-state index contributed by atoms with van der Waals surface area (Å²) in [5.41, 5.74) is 2.43. The standard InChI is InChI=1S/C52H65F3N6O9/c1-38-3-5-42(50(62)58-44-9-7-43(48(34-44)52(53,54)55)37-60-16-14-59(2)15-17-60)33-40(38)8-10-45-36-57-49-35-46(11-13-61(45)49)70-30-29-69-28-27-68-26-25-67-24-23-66-22-21-65-20-19-64-18-12-56-51(63)47-32-39-4-6-41(47)31-39/h3-7,9,11,13,33-36,39,41,47H,12,14-32,37H2,1-2H3,(H,56,63)(H,58,62)/t39-,41+,47-/m1/s1. The molecule has 1 saturated carbocycles. The van der Waals surface area contributed by atoms with E-state index >= 15 is 0 Å². The normalized spacial score (nSPS) is 18.0. The van der Waals surface area contributed by atoms with Crippen molar-refractivity contribution >= 4 is 23.1 Å². The molecule has 2 amide bonds. The van der Waals surface area contributed by atoms with Crippen LogP contribution in [0.15, 0.2) is 73.1 Å². The van der Waals surface area contributed by atoms with Crippen LogP contribution in [-0.4, -0.2) is 157 Å². The fourth-order valence-corrected chi connectivity index (χ4v) is 8.56. The summed E-state index contributed by atoms with van der Waals surface area (Å²) in [6.07, 6.45) is 5.39. The number of aryl methyl sites for hydroxylation is 1. The molecule has 2 fully saturated rings. The minimum atomic E-state index is -4.57. The van der Waals surface area contributed by atoms with Crippen LogP contribution in [0, 0.1) is 36.5 Å². The molecule has 1 saturated heterocycles. The monoisotopic (exact) mass is 974 g/mol. The van der Waals surface area contributed by atoms with E-state index < -0.39 is 17.6 Å². The van der Waals surface area contributed by atoms with E-state index in [1.54, 1.807) is 30.5 Å². The van der Waals surface area contributed by atoms with Crippen molar-refractivity contribution in [1.29, 1.82) is 0 Å². The molecule has 0 unspecified atom stereocenters. The van der Waals surface area contributed by atoms with Crippen LogP contribution >= 0.6 is 0 Å². The van der Waals surface area contributed by atoms with Crippen molar-refractivity contribution in [2.24, 2.45) is 17.8 Å². The first kappa shape index (κ1) is 52.5. The number of anilines is 1. The van der Waals surface area contributed by atoms with Gasteiger partial charge in [-0.25, -0.2) is 4.98 Å². The molecule has 2 N–H and O–H groups in total. The van der Waals surface area contributed by atoms with E-state index in [0.717, 1.165) is 37.6 Å². The Bertz CT molecular complexity index is 2410. The van der Waals surface area contributed by atoms with Crippen LogP contribution < -0.4 is 15.4 Å². The van der Waals surface area contributed by atoms with Gasteiger partial charge in [-0.2, -0.15) is 13.2 Å². The lowest BCUT2D eigenvalue weighted by Gasteiger charge is -2.33. The van der Waals surface area contributed by atoms with Gasteiger partial charge in [0.05, 0.1) is 91.0 Å². The molecule has 3 atom stereocenters. The van der Waals surface area contributed by atoms with Crippen LogP contribution in [0.5, 0.6) is 5.75 Å². The van der Waals surface area contributed by atoms with Gasteiger partial charge in [-0.15, -0.1) is 0 Å². The Kier molecular flexibility index (Phi) is 20.0. The molecule has 2 aromatic heterocycles. The number of piperazine rings is 1. The van der Waals surface area contributed by atoms with Gasteiger partial charge in [0.1, 0.15) is 23.7 Å². The molecular formula is C52H65F3N6O9. The molecule has 2 aromatic carbocycles. The van der Waals surface area contributed by atoms with Crippen molar-refractivity contribution < 1.29 is 55.9 Å². The Morgan fingerprint density at radius 2 is 1.41 bits per heavy atom. The molecule has 4 aromatic rings. The highest BCUT2D eigenvalue weighted by Crippen LogP contribution is 2.43. The lowest BCUT2D eigenvalue weighted by atomic mass is 9.93. The Balaban J connectivity index is 0.711. The van der Waals surface area contributed by atoms with Gasteiger partial charge < -0.3 is 48.7 Å². The van der Waals surface area contributed by atoms with E-state index in [9.17, 15) is 22.8 Å². The fraction of sp³-hybridized carbons (Fsp3) is 0.519. The van der Waals surface area contributed by atoms with Crippen molar-refractivity contribution in [3.63, 3.8) is 0 Å². The maximum atomic E-state index is 14.2. The van der Waals surface area contributed by atoms with Crippen LogP contribution in [0.1, 0.15) is 51.1 Å². The molecule has 0 spiro atoms. The number of carbonyl (C=O) groups is 2. The molecule has 0 radical (unpaired) electrons. The number of fused-ring (bicyclic) bond motifs is 3. The Morgan fingerprint density at radius 3 is 2.04 bits per heavy atom. The number of nitrogens with one attached hydrogen (secondary N) is 2. The first-order chi connectivity index (χ1) is 34.0. The van der Waals surface area contributed by atoms with E-state index in [1.807, 2.05) is 35.5 Å². The van der Waals surface area contributed by atoms with Crippen LogP contribution in [0.25, 0.3) is 5.65 Å². The summed E-state index contributed by atoms with van der Waals surface area (Å²) in [6.45, 7) is 11.2. The van der Waals surface area contributed by atoms with E-state index in [1.165, 1.54) is 12.1 Å². The number of halogens is 3. The minimum absolute atomic E-state index is 0.0633. The van der Waals surface area contributed by atoms with Gasteiger partial charge in [0.2, 0.25) is 5.91 Å². The van der Waals surface area contributed by atoms with Crippen LogP contribution in [0.4, 0.5) is 18.9 Å². The van der Waals surface area contributed by atoms with Crippen molar-refractivity contribution in [2.45, 2.75) is 32.5 Å². The predicted molar refractivity (Wildman–Crippen MR) is 257 cm³/mol. The number of hydrogen-bond acceptors (Lipinski definition) is 12. The van der Waals surface area contributed by atoms with Gasteiger partial charge in [-0.1, -0.05) is 30.2 Å². The minimum Gasteiger partial charge on any atom is -0.491 e. The Morgan fingerprint density at radius 1 is 0.757 bits per heavy atom. The molecule has 1 aliphatic heterocycles.